The minimum atomic E-state index is 1.23. The molecular formula is C22H16. The number of hydrogen-bond acceptors (Lipinski definition) is 0. The van der Waals surface area contributed by atoms with E-state index in [1.54, 1.807) is 0 Å². The van der Waals surface area contributed by atoms with Crippen LogP contribution in [0, 0.1) is 0 Å². The van der Waals surface area contributed by atoms with Crippen LogP contribution in [0.15, 0.2) is 84.9 Å². The summed E-state index contributed by atoms with van der Waals surface area (Å²) in [5, 5.41) is 2.56. The molecule has 2 aromatic carbocycles. The summed E-state index contributed by atoms with van der Waals surface area (Å²) in [6, 6.07) is 30.0. The van der Waals surface area contributed by atoms with Crippen LogP contribution in [0.1, 0.15) is 11.1 Å². The molecule has 0 aromatic heterocycles. The molecule has 0 spiro atoms. The second-order valence-electron chi connectivity index (χ2n) is 5.51. The van der Waals surface area contributed by atoms with Gasteiger partial charge in [0.1, 0.15) is 0 Å². The molecule has 0 radical (unpaired) electrons. The molecule has 0 unspecified atom stereocenters. The molecule has 0 saturated heterocycles. The van der Waals surface area contributed by atoms with E-state index in [0.29, 0.717) is 0 Å². The Morgan fingerprint density at radius 2 is 1.36 bits per heavy atom. The molecular weight excluding hydrogens is 264 g/mol. The van der Waals surface area contributed by atoms with Crippen LogP contribution in [0.25, 0.3) is 34.1 Å². The van der Waals surface area contributed by atoms with Crippen molar-refractivity contribution in [3.8, 4) is 11.1 Å². The highest BCUT2D eigenvalue weighted by Gasteiger charge is 2.04. The zero-order valence-corrected chi connectivity index (χ0v) is 12.2. The fraction of sp³-hybridized carbons (Fsp3) is 0. The third kappa shape index (κ3) is 2.40. The van der Waals surface area contributed by atoms with E-state index in [2.05, 4.69) is 97.1 Å². The Morgan fingerprint density at radius 1 is 0.545 bits per heavy atom. The van der Waals surface area contributed by atoms with E-state index >= 15 is 0 Å². The monoisotopic (exact) mass is 280 g/mol. The minimum absolute atomic E-state index is 1.23. The number of benzene rings is 2. The van der Waals surface area contributed by atoms with E-state index in [9.17, 15) is 0 Å². The SMILES string of the molecule is C(=C\c1ccc2cccccc1-2)/c1ccc2ccccc2c1. The summed E-state index contributed by atoms with van der Waals surface area (Å²) in [5.74, 6) is 0. The van der Waals surface area contributed by atoms with Gasteiger partial charge in [0.15, 0.2) is 0 Å². The summed E-state index contributed by atoms with van der Waals surface area (Å²) in [5.41, 5.74) is 5.07. The lowest BCUT2D eigenvalue weighted by Crippen LogP contribution is -1.75. The Morgan fingerprint density at radius 3 is 2.32 bits per heavy atom. The van der Waals surface area contributed by atoms with Crippen molar-refractivity contribution in [1.29, 1.82) is 0 Å². The average Bonchev–Trinajstić information content (AvgIpc) is 2.79. The first kappa shape index (κ1) is 12.8. The summed E-state index contributed by atoms with van der Waals surface area (Å²) >= 11 is 0. The highest BCUT2D eigenvalue weighted by Crippen LogP contribution is 2.28. The van der Waals surface area contributed by atoms with Crippen molar-refractivity contribution >= 4 is 22.9 Å². The maximum Gasteiger partial charge on any atom is -0.0111 e. The molecule has 2 aliphatic rings. The smallest absolute Gasteiger partial charge is 0.0111 e. The van der Waals surface area contributed by atoms with Gasteiger partial charge in [-0.15, -0.1) is 0 Å². The lowest BCUT2D eigenvalue weighted by molar-refractivity contribution is 1.71. The van der Waals surface area contributed by atoms with Crippen molar-refractivity contribution in [1.82, 2.24) is 0 Å². The minimum Gasteiger partial charge on any atom is -0.0622 e. The predicted molar refractivity (Wildman–Crippen MR) is 95.9 cm³/mol. The standard InChI is InChI=1S/C22H16/c1-2-7-19-14-15-20(22(19)9-3-1)13-11-17-10-12-18-6-4-5-8-21(18)16-17/h1-16H/b13-11+. The van der Waals surface area contributed by atoms with Gasteiger partial charge in [-0.2, -0.15) is 0 Å². The molecule has 0 heteroatoms. The molecule has 0 amide bonds. The first-order valence-electron chi connectivity index (χ1n) is 7.55. The fourth-order valence-corrected chi connectivity index (χ4v) is 2.88. The largest absolute Gasteiger partial charge is 0.0622 e. The number of fused-ring (bicyclic) bond motifs is 2. The van der Waals surface area contributed by atoms with Crippen molar-refractivity contribution in [2.45, 2.75) is 0 Å². The van der Waals surface area contributed by atoms with Crippen molar-refractivity contribution < 1.29 is 0 Å². The molecule has 0 heterocycles. The predicted octanol–water partition coefficient (Wildman–Crippen LogP) is 6.12. The molecule has 22 heavy (non-hydrogen) atoms. The first-order chi connectivity index (χ1) is 10.9. The quantitative estimate of drug-likeness (QED) is 0.415. The maximum absolute atomic E-state index is 2.23. The van der Waals surface area contributed by atoms with Crippen LogP contribution in [0.5, 0.6) is 0 Å². The van der Waals surface area contributed by atoms with Crippen LogP contribution in [0.3, 0.4) is 0 Å². The Bertz CT molecular complexity index is 931. The molecule has 0 saturated carbocycles. The second kappa shape index (κ2) is 5.50. The highest BCUT2D eigenvalue weighted by molar-refractivity contribution is 5.88. The molecule has 2 aromatic rings. The van der Waals surface area contributed by atoms with Crippen LogP contribution >= 0.6 is 0 Å². The normalized spacial score (nSPS) is 11.5. The number of hydrogen-bond donors (Lipinski definition) is 0. The third-order valence-electron chi connectivity index (χ3n) is 4.05. The van der Waals surface area contributed by atoms with Crippen LogP contribution in [-0.4, -0.2) is 0 Å². The first-order valence-corrected chi connectivity index (χ1v) is 7.55. The summed E-state index contributed by atoms with van der Waals surface area (Å²) in [4.78, 5) is 0. The van der Waals surface area contributed by atoms with Gasteiger partial charge in [-0.3, -0.25) is 0 Å². The highest BCUT2D eigenvalue weighted by atomic mass is 14.1. The molecule has 0 atom stereocenters. The van der Waals surface area contributed by atoms with Crippen LogP contribution in [0.4, 0.5) is 0 Å². The molecule has 0 aliphatic heterocycles. The lowest BCUT2D eigenvalue weighted by atomic mass is 10.1. The summed E-state index contributed by atoms with van der Waals surface area (Å²) < 4.78 is 0. The summed E-state index contributed by atoms with van der Waals surface area (Å²) in [6.45, 7) is 0. The maximum atomic E-state index is 2.23. The van der Waals surface area contributed by atoms with E-state index in [-0.39, 0.29) is 0 Å². The number of rotatable bonds is 2. The van der Waals surface area contributed by atoms with Gasteiger partial charge in [0.2, 0.25) is 0 Å². The average molecular weight is 280 g/mol. The van der Waals surface area contributed by atoms with Crippen LogP contribution in [-0.2, 0) is 0 Å². The van der Waals surface area contributed by atoms with Gasteiger partial charge < -0.3 is 0 Å². The molecule has 104 valence electrons. The van der Waals surface area contributed by atoms with Crippen molar-refractivity contribution in [2.24, 2.45) is 0 Å². The Hall–Kier alpha value is -2.86. The molecule has 2 aliphatic carbocycles. The molecule has 4 rings (SSSR count). The zero-order chi connectivity index (χ0) is 14.8. The topological polar surface area (TPSA) is 0 Å². The van der Waals surface area contributed by atoms with E-state index in [0.717, 1.165) is 0 Å². The Kier molecular flexibility index (Phi) is 3.21. The van der Waals surface area contributed by atoms with Gasteiger partial charge in [-0.25, -0.2) is 0 Å². The second-order valence-corrected chi connectivity index (χ2v) is 5.51. The van der Waals surface area contributed by atoms with Crippen LogP contribution in [0.2, 0.25) is 0 Å². The van der Waals surface area contributed by atoms with Crippen LogP contribution < -0.4 is 0 Å². The van der Waals surface area contributed by atoms with Gasteiger partial charge in [-0.05, 0) is 39.1 Å². The molecule has 0 bridgehead atoms. The summed E-state index contributed by atoms with van der Waals surface area (Å²) in [7, 11) is 0. The van der Waals surface area contributed by atoms with E-state index < -0.39 is 0 Å². The van der Waals surface area contributed by atoms with Crippen molar-refractivity contribution in [3.05, 3.63) is 96.1 Å². The van der Waals surface area contributed by atoms with Gasteiger partial charge in [0.25, 0.3) is 0 Å². The van der Waals surface area contributed by atoms with Gasteiger partial charge in [0, 0.05) is 0 Å². The molecule has 0 fully saturated rings. The zero-order valence-electron chi connectivity index (χ0n) is 12.2. The molecule has 0 nitrogen and oxygen atoms in total. The Balaban J connectivity index is 1.71. The van der Waals surface area contributed by atoms with Crippen molar-refractivity contribution in [2.75, 3.05) is 0 Å². The van der Waals surface area contributed by atoms with E-state index in [1.807, 2.05) is 0 Å². The Labute approximate surface area is 130 Å². The van der Waals surface area contributed by atoms with Gasteiger partial charge >= 0.3 is 0 Å². The van der Waals surface area contributed by atoms with E-state index in [4.69, 9.17) is 0 Å². The third-order valence-corrected chi connectivity index (χ3v) is 4.05. The van der Waals surface area contributed by atoms with Gasteiger partial charge in [0.05, 0.1) is 0 Å². The molecule has 0 N–H and O–H groups in total. The lowest BCUT2D eigenvalue weighted by Gasteiger charge is -2.00. The van der Waals surface area contributed by atoms with Crippen molar-refractivity contribution in [3.63, 3.8) is 0 Å². The fourth-order valence-electron chi connectivity index (χ4n) is 2.88. The summed E-state index contributed by atoms with van der Waals surface area (Å²) in [6.07, 6.45) is 4.39. The van der Waals surface area contributed by atoms with Gasteiger partial charge in [-0.1, -0.05) is 91.0 Å². The van der Waals surface area contributed by atoms with E-state index in [1.165, 1.54) is 33.0 Å².